The van der Waals surface area contributed by atoms with E-state index < -0.39 is 6.10 Å². The van der Waals surface area contributed by atoms with Gasteiger partial charge in [-0.15, -0.1) is 0 Å². The molecule has 0 amide bonds. The third-order valence-corrected chi connectivity index (χ3v) is 7.70. The van der Waals surface area contributed by atoms with Crippen molar-refractivity contribution in [2.45, 2.75) is 50.5 Å². The van der Waals surface area contributed by atoms with Crippen molar-refractivity contribution in [1.29, 1.82) is 0 Å². The molecule has 1 N–H and O–H groups in total. The zero-order valence-corrected chi connectivity index (χ0v) is 16.3. The van der Waals surface area contributed by atoms with E-state index in [1.807, 2.05) is 24.3 Å². The van der Waals surface area contributed by atoms with E-state index in [4.69, 9.17) is 9.47 Å². The molecule has 4 heteroatoms. The number of benzene rings is 1. The molecule has 0 saturated carbocycles. The number of hydrogen-bond acceptors (Lipinski definition) is 4. The highest BCUT2D eigenvalue weighted by molar-refractivity contribution is 5.52. The Bertz CT molecular complexity index is 902. The Labute approximate surface area is 166 Å². The highest BCUT2D eigenvalue weighted by atomic mass is 16.5. The van der Waals surface area contributed by atoms with Crippen LogP contribution < -0.4 is 0 Å². The van der Waals surface area contributed by atoms with E-state index in [0.29, 0.717) is 18.6 Å². The van der Waals surface area contributed by atoms with Crippen LogP contribution in [0.15, 0.2) is 65.1 Å². The number of hydrogen-bond donors (Lipinski definition) is 1. The number of aliphatic hydroxyl groups excluding tert-OH is 1. The first kappa shape index (κ1) is 16.9. The summed E-state index contributed by atoms with van der Waals surface area (Å²) in [5.41, 5.74) is 4.03. The highest BCUT2D eigenvalue weighted by Gasteiger charge is 2.65. The van der Waals surface area contributed by atoms with Crippen LogP contribution in [0.25, 0.3) is 0 Å². The number of allylic oxidation sites excluding steroid dienone is 2. The van der Waals surface area contributed by atoms with Crippen LogP contribution in [0.4, 0.5) is 0 Å². The van der Waals surface area contributed by atoms with Crippen LogP contribution in [-0.2, 0) is 16.1 Å². The second-order valence-electron chi connectivity index (χ2n) is 8.99. The Morgan fingerprint density at radius 3 is 2.93 bits per heavy atom. The predicted molar refractivity (Wildman–Crippen MR) is 106 cm³/mol. The van der Waals surface area contributed by atoms with Crippen molar-refractivity contribution >= 4 is 0 Å². The van der Waals surface area contributed by atoms with Crippen LogP contribution in [-0.4, -0.2) is 41.8 Å². The van der Waals surface area contributed by atoms with Crippen LogP contribution in [0.3, 0.4) is 0 Å². The molecular weight excluding hydrogens is 350 g/mol. The Morgan fingerprint density at radius 2 is 2.07 bits per heavy atom. The number of rotatable bonds is 3. The van der Waals surface area contributed by atoms with E-state index in [1.165, 1.54) is 11.1 Å². The van der Waals surface area contributed by atoms with Gasteiger partial charge in [-0.05, 0) is 38.4 Å². The van der Waals surface area contributed by atoms with Crippen LogP contribution >= 0.6 is 0 Å². The third-order valence-electron chi connectivity index (χ3n) is 7.70. The molecule has 2 bridgehead atoms. The first-order valence-corrected chi connectivity index (χ1v) is 10.5. The molecule has 28 heavy (non-hydrogen) atoms. The van der Waals surface area contributed by atoms with Crippen molar-refractivity contribution in [2.24, 2.45) is 11.3 Å². The van der Waals surface area contributed by atoms with E-state index in [2.05, 4.69) is 30.2 Å². The summed E-state index contributed by atoms with van der Waals surface area (Å²) in [5.74, 6) is 2.36. The number of nitrogens with zero attached hydrogens (tertiary/aromatic N) is 1. The molecule has 1 aromatic rings. The molecule has 2 aliphatic heterocycles. The van der Waals surface area contributed by atoms with E-state index in [1.54, 1.807) is 5.57 Å². The quantitative estimate of drug-likeness (QED) is 0.818. The summed E-state index contributed by atoms with van der Waals surface area (Å²) in [5, 5.41) is 10.8. The van der Waals surface area contributed by atoms with Crippen LogP contribution in [0.2, 0.25) is 0 Å². The molecule has 0 aromatic heterocycles. The Balaban J connectivity index is 1.43. The Hall–Kier alpha value is -2.04. The SMILES string of the molecule is CN1CC[C@]23C4=C5CCC(OCc6ccccc6)=C4O[C@H]2[C@@H](O)C=C[C@H]3[C@H]1C5. The Kier molecular flexibility index (Phi) is 3.60. The lowest BCUT2D eigenvalue weighted by Crippen LogP contribution is -2.61. The number of likely N-dealkylation sites (tertiary alicyclic amines) is 1. The molecule has 5 aliphatic rings. The molecular formula is C24H27NO3. The smallest absolute Gasteiger partial charge is 0.161 e. The molecule has 2 saturated heterocycles. The van der Waals surface area contributed by atoms with Crippen molar-refractivity contribution in [3.63, 3.8) is 0 Å². The van der Waals surface area contributed by atoms with Gasteiger partial charge >= 0.3 is 0 Å². The van der Waals surface area contributed by atoms with Gasteiger partial charge in [0.2, 0.25) is 0 Å². The lowest BCUT2D eigenvalue weighted by Gasteiger charge is -2.56. The number of ether oxygens (including phenoxy) is 2. The van der Waals surface area contributed by atoms with E-state index in [0.717, 1.165) is 43.7 Å². The molecule has 0 unspecified atom stereocenters. The van der Waals surface area contributed by atoms with Gasteiger partial charge in [0.25, 0.3) is 0 Å². The molecule has 2 heterocycles. The maximum absolute atomic E-state index is 10.8. The van der Waals surface area contributed by atoms with Gasteiger partial charge < -0.3 is 19.5 Å². The molecule has 5 atom stereocenters. The monoisotopic (exact) mass is 377 g/mol. The van der Waals surface area contributed by atoms with Gasteiger partial charge in [0.05, 0.1) is 0 Å². The molecule has 3 aliphatic carbocycles. The summed E-state index contributed by atoms with van der Waals surface area (Å²) in [6, 6.07) is 10.8. The van der Waals surface area contributed by atoms with Gasteiger partial charge in [0.15, 0.2) is 5.76 Å². The minimum atomic E-state index is -0.541. The van der Waals surface area contributed by atoms with Crippen molar-refractivity contribution in [3.05, 3.63) is 70.7 Å². The van der Waals surface area contributed by atoms with Gasteiger partial charge in [-0.1, -0.05) is 48.1 Å². The fourth-order valence-electron chi connectivity index (χ4n) is 6.41. The van der Waals surface area contributed by atoms with E-state index >= 15 is 0 Å². The van der Waals surface area contributed by atoms with Gasteiger partial charge in [-0.3, -0.25) is 0 Å². The average molecular weight is 377 g/mol. The van der Waals surface area contributed by atoms with Crippen molar-refractivity contribution in [2.75, 3.05) is 13.6 Å². The topological polar surface area (TPSA) is 41.9 Å². The largest absolute Gasteiger partial charge is 0.489 e. The van der Waals surface area contributed by atoms with E-state index in [-0.39, 0.29) is 11.5 Å². The van der Waals surface area contributed by atoms with Crippen LogP contribution in [0.5, 0.6) is 0 Å². The zero-order valence-electron chi connectivity index (χ0n) is 16.3. The van der Waals surface area contributed by atoms with Crippen LogP contribution in [0.1, 0.15) is 31.2 Å². The van der Waals surface area contributed by atoms with Crippen LogP contribution in [0, 0.1) is 11.3 Å². The first-order valence-electron chi connectivity index (χ1n) is 10.5. The van der Waals surface area contributed by atoms with Gasteiger partial charge in [0, 0.05) is 29.4 Å². The maximum atomic E-state index is 10.8. The summed E-state index contributed by atoms with van der Waals surface area (Å²) in [4.78, 5) is 2.52. The predicted octanol–water partition coefficient (Wildman–Crippen LogP) is 3.55. The lowest BCUT2D eigenvalue weighted by atomic mass is 9.52. The highest BCUT2D eigenvalue weighted by Crippen LogP contribution is 2.65. The van der Waals surface area contributed by atoms with Gasteiger partial charge in [0.1, 0.15) is 24.6 Å². The number of aliphatic hydroxyl groups is 1. The fraction of sp³-hybridized carbons (Fsp3) is 0.500. The third kappa shape index (κ3) is 2.13. The van der Waals surface area contributed by atoms with Crippen molar-refractivity contribution < 1.29 is 14.6 Å². The second-order valence-corrected chi connectivity index (χ2v) is 8.99. The summed E-state index contributed by atoms with van der Waals surface area (Å²) < 4.78 is 12.8. The molecule has 4 nitrogen and oxygen atoms in total. The normalized spacial score (nSPS) is 38.4. The Morgan fingerprint density at radius 1 is 1.21 bits per heavy atom. The zero-order chi connectivity index (χ0) is 18.9. The minimum absolute atomic E-state index is 0.0734. The van der Waals surface area contributed by atoms with Crippen molar-refractivity contribution in [1.82, 2.24) is 4.90 Å². The van der Waals surface area contributed by atoms with Gasteiger partial charge in [-0.25, -0.2) is 0 Å². The summed E-state index contributed by atoms with van der Waals surface area (Å²) in [7, 11) is 2.25. The molecule has 6 rings (SSSR count). The lowest BCUT2D eigenvalue weighted by molar-refractivity contribution is -0.0800. The first-order chi connectivity index (χ1) is 13.7. The molecule has 2 fully saturated rings. The van der Waals surface area contributed by atoms with Crippen molar-refractivity contribution in [3.8, 4) is 0 Å². The molecule has 1 spiro atoms. The number of piperidine rings is 1. The fourth-order valence-corrected chi connectivity index (χ4v) is 6.41. The van der Waals surface area contributed by atoms with Gasteiger partial charge in [-0.2, -0.15) is 0 Å². The molecule has 0 radical (unpaired) electrons. The summed E-state index contributed by atoms with van der Waals surface area (Å²) in [6.07, 6.45) is 7.64. The maximum Gasteiger partial charge on any atom is 0.161 e. The van der Waals surface area contributed by atoms with E-state index in [9.17, 15) is 5.11 Å². The summed E-state index contributed by atoms with van der Waals surface area (Å²) in [6.45, 7) is 1.63. The minimum Gasteiger partial charge on any atom is -0.489 e. The molecule has 1 aromatic carbocycles. The molecule has 146 valence electrons. The standard InChI is InChI=1S/C24H27NO3/c1-25-12-11-24-17-8-9-19(26)23(24)28-22-20(27-14-15-5-3-2-4-6-15)10-7-16(21(22)24)13-18(17)25/h2-6,8-9,17-19,23,26H,7,10-14H2,1H3/t17-,18+,19-,23-,24-/m0/s1. The summed E-state index contributed by atoms with van der Waals surface area (Å²) >= 11 is 0. The average Bonchev–Trinajstić information content (AvgIpc) is 3.07. The second kappa shape index (κ2) is 5.98.